The first-order chi connectivity index (χ1) is 14.6. The van der Waals surface area contributed by atoms with E-state index in [0.29, 0.717) is 44.2 Å². The van der Waals surface area contributed by atoms with Crippen LogP contribution in [0.15, 0.2) is 72.8 Å². The Bertz CT molecular complexity index is 1170. The molecule has 0 bridgehead atoms. The van der Waals surface area contributed by atoms with E-state index in [9.17, 15) is 9.59 Å². The lowest BCUT2D eigenvalue weighted by atomic mass is 10.1. The van der Waals surface area contributed by atoms with Crippen molar-refractivity contribution in [3.05, 3.63) is 94.0 Å². The van der Waals surface area contributed by atoms with E-state index in [1.807, 2.05) is 36.4 Å². The Hall–Kier alpha value is -3.34. The summed E-state index contributed by atoms with van der Waals surface area (Å²) in [7, 11) is 0. The van der Waals surface area contributed by atoms with Crippen molar-refractivity contribution in [3.8, 4) is 23.0 Å². The fourth-order valence-corrected chi connectivity index (χ4v) is 3.38. The van der Waals surface area contributed by atoms with Gasteiger partial charge in [-0.3, -0.25) is 9.59 Å². The fraction of sp³-hybridized carbons (Fsp3) is 0. The van der Waals surface area contributed by atoms with Crippen LogP contribution in [0.2, 0.25) is 10.0 Å². The first-order valence-corrected chi connectivity index (χ1v) is 9.70. The quantitative estimate of drug-likeness (QED) is 0.296. The molecule has 0 atom stereocenters. The van der Waals surface area contributed by atoms with Gasteiger partial charge in [-0.1, -0.05) is 35.3 Å². The monoisotopic (exact) mass is 436 g/mol. The first kappa shape index (κ1) is 20.0. The molecule has 0 aliphatic carbocycles. The third kappa shape index (κ3) is 4.30. The molecular weight excluding hydrogens is 423 g/mol. The van der Waals surface area contributed by atoms with Crippen molar-refractivity contribution in [1.29, 1.82) is 0 Å². The summed E-state index contributed by atoms with van der Waals surface area (Å²) >= 11 is 12.4. The van der Waals surface area contributed by atoms with Crippen molar-refractivity contribution in [3.63, 3.8) is 0 Å². The van der Waals surface area contributed by atoms with Gasteiger partial charge in [-0.15, -0.1) is 0 Å². The van der Waals surface area contributed by atoms with Gasteiger partial charge in [-0.25, -0.2) is 0 Å². The van der Waals surface area contributed by atoms with Crippen LogP contribution in [0.1, 0.15) is 20.7 Å². The van der Waals surface area contributed by atoms with Gasteiger partial charge in [-0.2, -0.15) is 0 Å². The maximum Gasteiger partial charge on any atom is 0.150 e. The molecule has 4 aromatic carbocycles. The molecule has 0 N–H and O–H groups in total. The average molecular weight is 437 g/mol. The molecule has 0 radical (unpaired) electrons. The van der Waals surface area contributed by atoms with Crippen molar-refractivity contribution in [2.75, 3.05) is 0 Å². The Balaban J connectivity index is 1.56. The number of ether oxygens (including phenoxy) is 2. The number of fused-ring (bicyclic) bond motifs is 1. The number of carbonyl (C=O) groups is 2. The number of carbonyl (C=O) groups excluding carboxylic acids is 2. The van der Waals surface area contributed by atoms with Crippen molar-refractivity contribution in [1.82, 2.24) is 0 Å². The van der Waals surface area contributed by atoms with Gasteiger partial charge in [0.05, 0.1) is 10.0 Å². The zero-order valence-corrected chi connectivity index (χ0v) is 17.0. The number of hydrogen-bond acceptors (Lipinski definition) is 4. The number of aldehydes is 2. The van der Waals surface area contributed by atoms with Crippen LogP contribution >= 0.6 is 23.2 Å². The van der Waals surface area contributed by atoms with Crippen LogP contribution in [0.5, 0.6) is 23.0 Å². The molecule has 30 heavy (non-hydrogen) atoms. The summed E-state index contributed by atoms with van der Waals surface area (Å²) in [6.45, 7) is 0. The number of hydrogen-bond donors (Lipinski definition) is 0. The van der Waals surface area contributed by atoms with Gasteiger partial charge in [0.25, 0.3) is 0 Å². The van der Waals surface area contributed by atoms with Crippen molar-refractivity contribution >= 4 is 46.5 Å². The van der Waals surface area contributed by atoms with Crippen LogP contribution < -0.4 is 9.47 Å². The topological polar surface area (TPSA) is 52.6 Å². The Labute approximate surface area is 182 Å². The molecule has 6 heteroatoms. The summed E-state index contributed by atoms with van der Waals surface area (Å²) in [6, 6.07) is 20.9. The highest BCUT2D eigenvalue weighted by Crippen LogP contribution is 2.34. The zero-order chi connectivity index (χ0) is 21.1. The molecule has 0 saturated heterocycles. The van der Waals surface area contributed by atoms with Crippen LogP contribution in [-0.2, 0) is 0 Å². The number of halogens is 2. The van der Waals surface area contributed by atoms with Crippen LogP contribution in [-0.4, -0.2) is 12.6 Å². The summed E-state index contributed by atoms with van der Waals surface area (Å²) < 4.78 is 11.7. The van der Waals surface area contributed by atoms with Crippen LogP contribution in [0.4, 0.5) is 0 Å². The molecule has 0 saturated carbocycles. The Morgan fingerprint density at radius 1 is 0.567 bits per heavy atom. The molecule has 0 unspecified atom stereocenters. The lowest BCUT2D eigenvalue weighted by Crippen LogP contribution is -1.89. The minimum Gasteiger partial charge on any atom is -0.456 e. The van der Waals surface area contributed by atoms with E-state index in [2.05, 4.69) is 0 Å². The average Bonchev–Trinajstić information content (AvgIpc) is 2.76. The number of benzene rings is 4. The van der Waals surface area contributed by atoms with Gasteiger partial charge in [0.2, 0.25) is 0 Å². The smallest absolute Gasteiger partial charge is 0.150 e. The van der Waals surface area contributed by atoms with E-state index in [0.717, 1.165) is 23.3 Å². The highest BCUT2D eigenvalue weighted by Gasteiger charge is 2.08. The molecule has 0 spiro atoms. The Morgan fingerprint density at radius 3 is 1.37 bits per heavy atom. The summed E-state index contributed by atoms with van der Waals surface area (Å²) in [5.41, 5.74) is 0.971. The van der Waals surface area contributed by atoms with Gasteiger partial charge in [0.1, 0.15) is 35.6 Å². The van der Waals surface area contributed by atoms with Crippen LogP contribution in [0.25, 0.3) is 10.8 Å². The molecule has 0 heterocycles. The maximum atomic E-state index is 10.8. The predicted molar refractivity (Wildman–Crippen MR) is 118 cm³/mol. The van der Waals surface area contributed by atoms with E-state index >= 15 is 0 Å². The minimum absolute atomic E-state index is 0.362. The van der Waals surface area contributed by atoms with Gasteiger partial charge >= 0.3 is 0 Å². The SMILES string of the molecule is O=Cc1ccc(Oc2ccc3cc(Oc4ccc(C=O)cc4Cl)ccc3c2)c(Cl)c1. The number of rotatable bonds is 6. The van der Waals surface area contributed by atoms with E-state index in [1.165, 1.54) is 0 Å². The largest absolute Gasteiger partial charge is 0.456 e. The molecule has 148 valence electrons. The van der Waals surface area contributed by atoms with E-state index in [1.54, 1.807) is 36.4 Å². The second-order valence-electron chi connectivity index (χ2n) is 6.49. The summed E-state index contributed by atoms with van der Waals surface area (Å²) in [6.07, 6.45) is 1.46. The van der Waals surface area contributed by atoms with E-state index < -0.39 is 0 Å². The third-order valence-corrected chi connectivity index (χ3v) is 5.01. The van der Waals surface area contributed by atoms with Crippen LogP contribution in [0.3, 0.4) is 0 Å². The molecular formula is C24H14Cl2O4. The Morgan fingerprint density at radius 2 is 1.00 bits per heavy atom. The highest BCUT2D eigenvalue weighted by atomic mass is 35.5. The summed E-state index contributed by atoms with van der Waals surface area (Å²) in [4.78, 5) is 21.7. The van der Waals surface area contributed by atoms with Crippen molar-refractivity contribution in [2.45, 2.75) is 0 Å². The third-order valence-electron chi connectivity index (χ3n) is 4.42. The molecule has 0 aromatic heterocycles. The van der Waals surface area contributed by atoms with Gasteiger partial charge < -0.3 is 9.47 Å². The molecule has 0 aliphatic heterocycles. The lowest BCUT2D eigenvalue weighted by Gasteiger charge is -2.11. The second-order valence-corrected chi connectivity index (χ2v) is 7.30. The maximum absolute atomic E-state index is 10.8. The molecule has 0 amide bonds. The lowest BCUT2D eigenvalue weighted by molar-refractivity contribution is 0.111. The van der Waals surface area contributed by atoms with E-state index in [4.69, 9.17) is 32.7 Å². The fourth-order valence-electron chi connectivity index (χ4n) is 2.93. The molecule has 0 aliphatic rings. The standard InChI is InChI=1S/C24H14Cl2O4/c25-21-9-15(13-27)1-7-23(21)29-19-5-3-18-12-20(6-4-17(18)11-19)30-24-8-2-16(14-28)10-22(24)26/h1-14H. The Kier molecular flexibility index (Phi) is 5.70. The predicted octanol–water partition coefficient (Wildman–Crippen LogP) is 7.36. The second kappa shape index (κ2) is 8.57. The molecule has 4 aromatic rings. The normalized spacial score (nSPS) is 10.6. The van der Waals surface area contributed by atoms with Gasteiger partial charge in [0.15, 0.2) is 0 Å². The first-order valence-electron chi connectivity index (χ1n) is 8.95. The molecule has 4 rings (SSSR count). The van der Waals surface area contributed by atoms with Gasteiger partial charge in [-0.05, 0) is 71.4 Å². The summed E-state index contributed by atoms with van der Waals surface area (Å²) in [5, 5.41) is 2.62. The van der Waals surface area contributed by atoms with Gasteiger partial charge in [0, 0.05) is 11.1 Å². The van der Waals surface area contributed by atoms with Crippen molar-refractivity contribution < 1.29 is 19.1 Å². The highest BCUT2D eigenvalue weighted by molar-refractivity contribution is 6.32. The van der Waals surface area contributed by atoms with Crippen LogP contribution in [0, 0.1) is 0 Å². The zero-order valence-electron chi connectivity index (χ0n) is 15.5. The molecule has 0 fully saturated rings. The summed E-state index contributed by atoms with van der Waals surface area (Å²) in [5.74, 6) is 2.17. The minimum atomic E-state index is 0.362. The molecule has 4 nitrogen and oxygen atoms in total. The van der Waals surface area contributed by atoms with E-state index in [-0.39, 0.29) is 0 Å². The van der Waals surface area contributed by atoms with Crippen molar-refractivity contribution in [2.24, 2.45) is 0 Å².